The normalized spacial score (nSPS) is 22.5. The Morgan fingerprint density at radius 2 is 1.78 bits per heavy atom. The summed E-state index contributed by atoms with van der Waals surface area (Å²) < 4.78 is 44.1. The van der Waals surface area contributed by atoms with Gasteiger partial charge in [-0.1, -0.05) is 46.3 Å². The summed E-state index contributed by atoms with van der Waals surface area (Å²) >= 11 is 3.33. The smallest absolute Gasteiger partial charge is 0.407 e. The molecule has 1 amide bonds. The quantitative estimate of drug-likeness (QED) is 0.613. The van der Waals surface area contributed by atoms with Gasteiger partial charge in [0, 0.05) is 23.4 Å². The Kier molecular flexibility index (Phi) is 7.19. The Labute approximate surface area is 196 Å². The van der Waals surface area contributed by atoms with Gasteiger partial charge in [0.1, 0.15) is 6.61 Å². The number of nitrogens with one attached hydrogen (secondary N) is 1. The zero-order valence-electron chi connectivity index (χ0n) is 17.5. The molecule has 1 N–H and O–H groups in total. The summed E-state index contributed by atoms with van der Waals surface area (Å²) in [4.78, 5) is 12.7. The molecule has 9 heteroatoms. The van der Waals surface area contributed by atoms with E-state index in [2.05, 4.69) is 21.2 Å². The van der Waals surface area contributed by atoms with Gasteiger partial charge >= 0.3 is 6.09 Å². The monoisotopic (exact) mass is 523 g/mol. The Balaban J connectivity index is 1.46. The standard InChI is InChI=1S/C23H26BrNO6S/c24-19-6-8-20(9-7-19)32(27,28)16-18-14-23(30-12-13-31-23)11-10-21(18)25-22(26)29-15-17-4-2-1-3-5-17/h1-9,18,21H,10-16H2,(H,25,26)/t18-,21+/m1/s1. The highest BCUT2D eigenvalue weighted by molar-refractivity contribution is 9.10. The van der Waals surface area contributed by atoms with Crippen LogP contribution < -0.4 is 5.32 Å². The highest BCUT2D eigenvalue weighted by Crippen LogP contribution is 2.40. The second-order valence-electron chi connectivity index (χ2n) is 8.16. The Hall–Kier alpha value is -1.94. The maximum atomic E-state index is 13.1. The number of carbonyl (C=O) groups excluding carboxylic acids is 1. The van der Waals surface area contributed by atoms with Crippen LogP contribution in [0.25, 0.3) is 0 Å². The van der Waals surface area contributed by atoms with E-state index >= 15 is 0 Å². The van der Waals surface area contributed by atoms with Gasteiger partial charge in [-0.05, 0) is 42.2 Å². The summed E-state index contributed by atoms with van der Waals surface area (Å²) in [7, 11) is -3.57. The first kappa shape index (κ1) is 23.2. The predicted octanol–water partition coefficient (Wildman–Crippen LogP) is 4.06. The van der Waals surface area contributed by atoms with Crippen LogP contribution in [0.4, 0.5) is 4.79 Å². The molecule has 7 nitrogen and oxygen atoms in total. The maximum absolute atomic E-state index is 13.1. The molecule has 1 spiro atoms. The lowest BCUT2D eigenvalue weighted by atomic mass is 9.81. The Bertz CT molecular complexity index is 1020. The second kappa shape index (κ2) is 9.91. The summed E-state index contributed by atoms with van der Waals surface area (Å²) in [6, 6.07) is 15.6. The minimum absolute atomic E-state index is 0.118. The number of benzene rings is 2. The van der Waals surface area contributed by atoms with Crippen LogP contribution in [-0.2, 0) is 30.7 Å². The Morgan fingerprint density at radius 3 is 2.47 bits per heavy atom. The van der Waals surface area contributed by atoms with Crippen molar-refractivity contribution in [3.05, 3.63) is 64.6 Å². The van der Waals surface area contributed by atoms with Crippen molar-refractivity contribution in [3.8, 4) is 0 Å². The average molecular weight is 524 g/mol. The second-order valence-corrected chi connectivity index (χ2v) is 11.1. The van der Waals surface area contributed by atoms with Crippen LogP contribution in [0.3, 0.4) is 0 Å². The summed E-state index contributed by atoms with van der Waals surface area (Å²) in [5.41, 5.74) is 0.882. The zero-order valence-corrected chi connectivity index (χ0v) is 19.9. The largest absolute Gasteiger partial charge is 0.445 e. The van der Waals surface area contributed by atoms with Crippen molar-refractivity contribution in [1.29, 1.82) is 0 Å². The van der Waals surface area contributed by atoms with Gasteiger partial charge in [0.05, 0.1) is 23.9 Å². The SMILES string of the molecule is O=C(N[C@H]1CCC2(C[C@@H]1CS(=O)(=O)c1ccc(Br)cc1)OCCO2)OCc1ccccc1. The highest BCUT2D eigenvalue weighted by atomic mass is 79.9. The lowest BCUT2D eigenvalue weighted by molar-refractivity contribution is -0.188. The molecule has 172 valence electrons. The first-order chi connectivity index (χ1) is 15.4. The van der Waals surface area contributed by atoms with Crippen molar-refractivity contribution in [2.45, 2.75) is 42.6 Å². The topological polar surface area (TPSA) is 90.9 Å². The highest BCUT2D eigenvalue weighted by Gasteiger charge is 2.46. The van der Waals surface area contributed by atoms with Crippen LogP contribution in [0.1, 0.15) is 24.8 Å². The number of halogens is 1. The molecule has 0 unspecified atom stereocenters. The third kappa shape index (κ3) is 5.70. The average Bonchev–Trinajstić information content (AvgIpc) is 3.23. The molecule has 0 bridgehead atoms. The van der Waals surface area contributed by atoms with Crippen LogP contribution in [0.2, 0.25) is 0 Å². The first-order valence-corrected chi connectivity index (χ1v) is 13.0. The van der Waals surface area contributed by atoms with Gasteiger partial charge in [-0.3, -0.25) is 0 Å². The third-order valence-electron chi connectivity index (χ3n) is 5.91. The summed E-state index contributed by atoms with van der Waals surface area (Å²) in [6.45, 7) is 1.13. The molecule has 4 rings (SSSR count). The van der Waals surface area contributed by atoms with Gasteiger partial charge in [0.15, 0.2) is 15.6 Å². The fourth-order valence-electron chi connectivity index (χ4n) is 4.32. The third-order valence-corrected chi connectivity index (χ3v) is 8.30. The van der Waals surface area contributed by atoms with Crippen LogP contribution in [0, 0.1) is 5.92 Å². The predicted molar refractivity (Wildman–Crippen MR) is 122 cm³/mol. The Morgan fingerprint density at radius 1 is 1.09 bits per heavy atom. The molecular weight excluding hydrogens is 498 g/mol. The molecule has 0 radical (unpaired) electrons. The van der Waals surface area contributed by atoms with Crippen LogP contribution in [0.15, 0.2) is 64.0 Å². The van der Waals surface area contributed by atoms with E-state index in [1.165, 1.54) is 0 Å². The lowest BCUT2D eigenvalue weighted by Crippen LogP contribution is -2.51. The molecule has 1 aliphatic heterocycles. The van der Waals surface area contributed by atoms with Gasteiger partial charge in [-0.2, -0.15) is 0 Å². The van der Waals surface area contributed by atoms with Crippen molar-refractivity contribution in [2.24, 2.45) is 5.92 Å². The van der Waals surface area contributed by atoms with Gasteiger partial charge < -0.3 is 19.5 Å². The van der Waals surface area contributed by atoms with Crippen molar-refractivity contribution in [2.75, 3.05) is 19.0 Å². The molecule has 1 heterocycles. The minimum Gasteiger partial charge on any atom is -0.445 e. The van der Waals surface area contributed by atoms with E-state index in [0.717, 1.165) is 10.0 Å². The van der Waals surface area contributed by atoms with E-state index in [4.69, 9.17) is 14.2 Å². The molecule has 2 fully saturated rings. The van der Waals surface area contributed by atoms with Gasteiger partial charge in [0.2, 0.25) is 0 Å². The number of amides is 1. The van der Waals surface area contributed by atoms with Gasteiger partial charge in [-0.15, -0.1) is 0 Å². The van der Waals surface area contributed by atoms with E-state index in [-0.39, 0.29) is 29.2 Å². The van der Waals surface area contributed by atoms with Crippen molar-refractivity contribution < 1.29 is 27.4 Å². The summed E-state index contributed by atoms with van der Waals surface area (Å²) in [5, 5.41) is 2.88. The van der Waals surface area contributed by atoms with Crippen molar-refractivity contribution in [3.63, 3.8) is 0 Å². The number of carbonyl (C=O) groups is 1. The molecular formula is C23H26BrNO6S. The fraction of sp³-hybridized carbons (Fsp3) is 0.435. The van der Waals surface area contributed by atoms with Crippen molar-refractivity contribution in [1.82, 2.24) is 5.32 Å². The van der Waals surface area contributed by atoms with Crippen molar-refractivity contribution >= 4 is 31.9 Å². The van der Waals surface area contributed by atoms with Crippen LogP contribution in [-0.4, -0.2) is 45.3 Å². The van der Waals surface area contributed by atoms with E-state index in [1.54, 1.807) is 24.3 Å². The number of ether oxygens (including phenoxy) is 3. The van der Waals surface area contributed by atoms with E-state index < -0.39 is 21.7 Å². The first-order valence-electron chi connectivity index (χ1n) is 10.6. The molecule has 1 saturated carbocycles. The van der Waals surface area contributed by atoms with Gasteiger partial charge in [-0.25, -0.2) is 13.2 Å². The molecule has 1 saturated heterocycles. The van der Waals surface area contributed by atoms with Gasteiger partial charge in [0.25, 0.3) is 0 Å². The lowest BCUT2D eigenvalue weighted by Gasteiger charge is -2.41. The molecule has 2 atom stereocenters. The van der Waals surface area contributed by atoms with Crippen LogP contribution in [0.5, 0.6) is 0 Å². The zero-order chi connectivity index (χ0) is 22.6. The molecule has 0 aromatic heterocycles. The number of sulfone groups is 1. The number of alkyl carbamates (subject to hydrolysis) is 1. The maximum Gasteiger partial charge on any atom is 0.407 e. The number of rotatable bonds is 6. The van der Waals surface area contributed by atoms with Crippen LogP contribution >= 0.6 is 15.9 Å². The van der Waals surface area contributed by atoms with E-state index in [0.29, 0.717) is 32.5 Å². The molecule has 2 aliphatic rings. The molecule has 1 aliphatic carbocycles. The summed E-state index contributed by atoms with van der Waals surface area (Å²) in [6.07, 6.45) is 0.966. The summed E-state index contributed by atoms with van der Waals surface area (Å²) in [5.74, 6) is -1.27. The molecule has 32 heavy (non-hydrogen) atoms. The number of hydrogen-bond acceptors (Lipinski definition) is 6. The number of hydrogen-bond donors (Lipinski definition) is 1. The van der Waals surface area contributed by atoms with E-state index in [9.17, 15) is 13.2 Å². The minimum atomic E-state index is -3.57. The fourth-order valence-corrected chi connectivity index (χ4v) is 6.24. The van der Waals surface area contributed by atoms with E-state index in [1.807, 2.05) is 30.3 Å². The molecule has 2 aromatic carbocycles. The molecule has 2 aromatic rings.